The molecule has 0 radical (unpaired) electrons. The molecule has 25 heavy (non-hydrogen) atoms. The van der Waals surface area contributed by atoms with Crippen molar-refractivity contribution in [2.24, 2.45) is 0 Å². The Kier molecular flexibility index (Phi) is 4.96. The number of nitrogens with zero attached hydrogens (tertiary/aromatic N) is 1. The van der Waals surface area contributed by atoms with Gasteiger partial charge in [-0.1, -0.05) is 24.3 Å². The van der Waals surface area contributed by atoms with Gasteiger partial charge in [0.1, 0.15) is 5.69 Å². The number of pyridine rings is 1. The molecule has 1 N–H and O–H groups in total. The highest BCUT2D eigenvalue weighted by atomic mass is 19.4. The number of hydrogen-bond acceptors (Lipinski definition) is 3. The number of alkyl halides is 3. The van der Waals surface area contributed by atoms with Crippen molar-refractivity contribution in [3.8, 4) is 11.1 Å². The molecule has 1 fully saturated rings. The van der Waals surface area contributed by atoms with Crippen LogP contribution in [0.1, 0.15) is 17.7 Å². The molecule has 0 saturated carbocycles. The molecule has 4 nitrogen and oxygen atoms in total. The van der Waals surface area contributed by atoms with E-state index in [0.29, 0.717) is 5.56 Å². The van der Waals surface area contributed by atoms with E-state index in [4.69, 9.17) is 4.74 Å². The highest BCUT2D eigenvalue weighted by molar-refractivity contribution is 5.66. The van der Waals surface area contributed by atoms with E-state index in [1.807, 2.05) is 17.1 Å². The van der Waals surface area contributed by atoms with E-state index >= 15 is 0 Å². The zero-order valence-electron chi connectivity index (χ0n) is 13.8. The van der Waals surface area contributed by atoms with Gasteiger partial charge in [-0.2, -0.15) is 13.2 Å². The van der Waals surface area contributed by atoms with E-state index in [1.165, 1.54) is 6.07 Å². The van der Waals surface area contributed by atoms with Crippen molar-refractivity contribution < 1.29 is 17.9 Å². The minimum atomic E-state index is -4.61. The van der Waals surface area contributed by atoms with E-state index in [1.54, 1.807) is 19.2 Å². The summed E-state index contributed by atoms with van der Waals surface area (Å²) < 4.78 is 44.8. The Hall–Kier alpha value is -2.12. The van der Waals surface area contributed by atoms with Crippen molar-refractivity contribution in [1.82, 2.24) is 9.88 Å². The molecule has 1 aromatic heterocycles. The molecule has 0 bridgehead atoms. The van der Waals surface area contributed by atoms with E-state index in [2.05, 4.69) is 4.90 Å². The number of benzene rings is 1. The van der Waals surface area contributed by atoms with Gasteiger partial charge in [0.25, 0.3) is 0 Å². The molecule has 0 spiro atoms. The number of hydrogen-bond donors (Lipinski definition) is 1. The Labute approximate surface area is 143 Å². The summed E-state index contributed by atoms with van der Waals surface area (Å²) in [6.07, 6.45) is -3.38. The van der Waals surface area contributed by atoms with Crippen molar-refractivity contribution in [2.75, 3.05) is 20.2 Å². The number of nitrogens with one attached hydrogen (secondary N) is 1. The number of likely N-dealkylation sites (tertiary alicyclic amines) is 1. The molecule has 0 amide bonds. The van der Waals surface area contributed by atoms with Crippen LogP contribution >= 0.6 is 0 Å². The van der Waals surface area contributed by atoms with Crippen molar-refractivity contribution in [3.05, 3.63) is 58.0 Å². The van der Waals surface area contributed by atoms with Gasteiger partial charge in [-0.3, -0.25) is 9.69 Å². The zero-order valence-corrected chi connectivity index (χ0v) is 13.8. The SMILES string of the molecule is CO[C@@H]1CCN(Cc2ccc(-c3ccc(=O)[nH]c3C(F)(F)F)cc2)C1. The molecule has 1 saturated heterocycles. The largest absolute Gasteiger partial charge is 0.431 e. The number of H-pyrrole nitrogens is 1. The Bertz CT molecular complexity index is 784. The summed E-state index contributed by atoms with van der Waals surface area (Å²) in [7, 11) is 1.70. The number of aromatic nitrogens is 1. The van der Waals surface area contributed by atoms with Gasteiger partial charge in [0.05, 0.1) is 6.10 Å². The van der Waals surface area contributed by atoms with Crippen LogP contribution in [0.3, 0.4) is 0 Å². The molecule has 1 aromatic carbocycles. The minimum Gasteiger partial charge on any atom is -0.380 e. The third kappa shape index (κ3) is 4.11. The summed E-state index contributed by atoms with van der Waals surface area (Å²) in [6, 6.07) is 9.26. The quantitative estimate of drug-likeness (QED) is 0.919. The Morgan fingerprint density at radius 3 is 2.52 bits per heavy atom. The second-order valence-electron chi connectivity index (χ2n) is 6.19. The first-order chi connectivity index (χ1) is 11.9. The van der Waals surface area contributed by atoms with E-state index in [-0.39, 0.29) is 11.7 Å². The number of methoxy groups -OCH3 is 1. The molecule has 0 unspecified atom stereocenters. The predicted octanol–water partition coefficient (Wildman–Crippen LogP) is 3.28. The van der Waals surface area contributed by atoms with Gasteiger partial charge in [0.15, 0.2) is 0 Å². The molecule has 1 aliphatic rings. The average Bonchev–Trinajstić information content (AvgIpc) is 3.02. The molecule has 1 aliphatic heterocycles. The first-order valence-corrected chi connectivity index (χ1v) is 8.02. The van der Waals surface area contributed by atoms with Crippen molar-refractivity contribution in [2.45, 2.75) is 25.2 Å². The van der Waals surface area contributed by atoms with Gasteiger partial charge < -0.3 is 9.72 Å². The lowest BCUT2D eigenvalue weighted by Gasteiger charge is -2.16. The summed E-state index contributed by atoms with van der Waals surface area (Å²) in [5.74, 6) is 0. The van der Waals surface area contributed by atoms with Crippen molar-refractivity contribution >= 4 is 0 Å². The standard InChI is InChI=1S/C18H19F3N2O2/c1-25-14-8-9-23(11-14)10-12-2-4-13(5-3-12)15-6-7-16(24)22-17(15)18(19,20)21/h2-7,14H,8-11H2,1H3,(H,22,24)/t14-/m1/s1. The molecule has 7 heteroatoms. The Morgan fingerprint density at radius 2 is 1.92 bits per heavy atom. The van der Waals surface area contributed by atoms with Gasteiger partial charge in [0, 0.05) is 38.4 Å². The maximum Gasteiger partial charge on any atom is 0.431 e. The van der Waals surface area contributed by atoms with Crippen LogP contribution in [0.25, 0.3) is 11.1 Å². The monoisotopic (exact) mass is 352 g/mol. The first kappa shape index (κ1) is 17.7. The Morgan fingerprint density at radius 1 is 1.20 bits per heavy atom. The molecule has 3 rings (SSSR count). The lowest BCUT2D eigenvalue weighted by molar-refractivity contribution is -0.140. The normalized spacial score (nSPS) is 18.6. The third-order valence-corrected chi connectivity index (χ3v) is 4.44. The van der Waals surface area contributed by atoms with Gasteiger partial charge in [-0.05, 0) is 23.6 Å². The molecule has 2 aromatic rings. The molecular weight excluding hydrogens is 333 g/mol. The van der Waals surface area contributed by atoms with Crippen LogP contribution in [0.4, 0.5) is 13.2 Å². The van der Waals surface area contributed by atoms with Gasteiger partial charge in [-0.25, -0.2) is 0 Å². The van der Waals surface area contributed by atoms with Crippen molar-refractivity contribution in [3.63, 3.8) is 0 Å². The summed E-state index contributed by atoms with van der Waals surface area (Å²) in [4.78, 5) is 15.4. The fourth-order valence-corrected chi connectivity index (χ4v) is 3.12. The summed E-state index contributed by atoms with van der Waals surface area (Å²) in [5, 5.41) is 0. The van der Waals surface area contributed by atoms with E-state index in [0.717, 1.165) is 37.7 Å². The van der Waals surface area contributed by atoms with Crippen LogP contribution in [0.15, 0.2) is 41.2 Å². The van der Waals surface area contributed by atoms with Gasteiger partial charge in [0.2, 0.25) is 5.56 Å². The lowest BCUT2D eigenvalue weighted by Crippen LogP contribution is -2.22. The van der Waals surface area contributed by atoms with Crippen LogP contribution in [0, 0.1) is 0 Å². The highest BCUT2D eigenvalue weighted by Gasteiger charge is 2.35. The lowest BCUT2D eigenvalue weighted by atomic mass is 10.0. The van der Waals surface area contributed by atoms with Crippen LogP contribution in [-0.2, 0) is 17.5 Å². The minimum absolute atomic E-state index is 0.0285. The second kappa shape index (κ2) is 7.01. The molecule has 2 heterocycles. The predicted molar refractivity (Wildman–Crippen MR) is 88.2 cm³/mol. The van der Waals surface area contributed by atoms with E-state index in [9.17, 15) is 18.0 Å². The highest BCUT2D eigenvalue weighted by Crippen LogP contribution is 2.34. The molecule has 1 atom stereocenters. The molecule has 0 aliphatic carbocycles. The number of rotatable bonds is 4. The van der Waals surface area contributed by atoms with Gasteiger partial charge >= 0.3 is 6.18 Å². The Balaban J connectivity index is 1.80. The second-order valence-corrected chi connectivity index (χ2v) is 6.19. The van der Waals surface area contributed by atoms with Crippen LogP contribution in [-0.4, -0.2) is 36.2 Å². The fourth-order valence-electron chi connectivity index (χ4n) is 3.12. The summed E-state index contributed by atoms with van der Waals surface area (Å²) >= 11 is 0. The summed E-state index contributed by atoms with van der Waals surface area (Å²) in [5.41, 5.74) is -0.370. The zero-order chi connectivity index (χ0) is 18.0. The smallest absolute Gasteiger partial charge is 0.380 e. The van der Waals surface area contributed by atoms with Crippen LogP contribution < -0.4 is 5.56 Å². The average molecular weight is 352 g/mol. The van der Waals surface area contributed by atoms with E-state index < -0.39 is 17.4 Å². The fraction of sp³-hybridized carbons (Fsp3) is 0.389. The van der Waals surface area contributed by atoms with Crippen LogP contribution in [0.2, 0.25) is 0 Å². The van der Waals surface area contributed by atoms with Crippen molar-refractivity contribution in [1.29, 1.82) is 0 Å². The number of ether oxygens (including phenoxy) is 1. The van der Waals surface area contributed by atoms with Gasteiger partial charge in [-0.15, -0.1) is 0 Å². The third-order valence-electron chi connectivity index (χ3n) is 4.44. The topological polar surface area (TPSA) is 45.3 Å². The summed E-state index contributed by atoms with van der Waals surface area (Å²) in [6.45, 7) is 2.53. The molecular formula is C18H19F3N2O2. The maximum atomic E-state index is 13.1. The number of halogens is 3. The first-order valence-electron chi connectivity index (χ1n) is 8.02. The molecule has 134 valence electrons. The van der Waals surface area contributed by atoms with Crippen LogP contribution in [0.5, 0.6) is 0 Å². The number of aromatic amines is 1. The maximum absolute atomic E-state index is 13.1.